The molecule has 5 heteroatoms. The molecule has 4 aliphatic rings. The highest BCUT2D eigenvalue weighted by Gasteiger charge is 2.52. The second-order valence-electron chi connectivity index (χ2n) is 9.69. The highest BCUT2D eigenvalue weighted by atomic mass is 16.5. The summed E-state index contributed by atoms with van der Waals surface area (Å²) >= 11 is 0. The standard InChI is InChI=1S/C26H30O5/c1-29-24-6-3-16(15-31-20-4-5-21(23(27)11-20)25(28)30-2)10-22(24)26-12-17-7-18(13-26)9-19(8-17)14-26/h3-6,10-11,17-19,27H,7-9,12-15H2,1-2H3. The normalized spacial score (nSPS) is 28.4. The molecule has 0 spiro atoms. The maximum Gasteiger partial charge on any atom is 0.341 e. The molecule has 31 heavy (non-hydrogen) atoms. The Kier molecular flexibility index (Phi) is 5.07. The number of carbonyl (C=O) groups is 1. The number of carbonyl (C=O) groups excluding carboxylic acids is 1. The predicted molar refractivity (Wildman–Crippen MR) is 117 cm³/mol. The number of hydrogen-bond acceptors (Lipinski definition) is 5. The maximum absolute atomic E-state index is 11.7. The first-order valence-electron chi connectivity index (χ1n) is 11.2. The van der Waals surface area contributed by atoms with Gasteiger partial charge in [0, 0.05) is 11.6 Å². The molecular formula is C26H30O5. The van der Waals surface area contributed by atoms with Gasteiger partial charge in [-0.2, -0.15) is 0 Å². The molecule has 0 atom stereocenters. The molecule has 2 aromatic rings. The van der Waals surface area contributed by atoms with Crippen molar-refractivity contribution in [2.45, 2.75) is 50.5 Å². The SMILES string of the molecule is COC(=O)c1ccc(OCc2ccc(OC)c(C34CC5CC(CC(C5)C3)C4)c2)cc1O. The molecular weight excluding hydrogens is 392 g/mol. The zero-order chi connectivity index (χ0) is 21.6. The summed E-state index contributed by atoms with van der Waals surface area (Å²) in [5, 5.41) is 10.1. The minimum Gasteiger partial charge on any atom is -0.507 e. The van der Waals surface area contributed by atoms with E-state index in [0.717, 1.165) is 29.1 Å². The Morgan fingerprint density at radius 3 is 2.26 bits per heavy atom. The Labute approximate surface area is 183 Å². The van der Waals surface area contributed by atoms with E-state index < -0.39 is 5.97 Å². The van der Waals surface area contributed by atoms with Crippen LogP contribution in [0.1, 0.15) is 60.0 Å². The van der Waals surface area contributed by atoms with E-state index in [1.54, 1.807) is 13.2 Å². The number of hydrogen-bond donors (Lipinski definition) is 1. The van der Waals surface area contributed by atoms with Crippen LogP contribution in [0.3, 0.4) is 0 Å². The molecule has 4 bridgehead atoms. The fraction of sp³-hybridized carbons (Fsp3) is 0.500. The van der Waals surface area contributed by atoms with Gasteiger partial charge in [-0.25, -0.2) is 4.79 Å². The fourth-order valence-corrected chi connectivity index (χ4v) is 6.75. The molecule has 6 rings (SSSR count). The summed E-state index contributed by atoms with van der Waals surface area (Å²) in [4.78, 5) is 11.7. The van der Waals surface area contributed by atoms with Gasteiger partial charge in [0.1, 0.15) is 29.4 Å². The number of phenolic OH excluding ortho intramolecular Hbond substituents is 1. The Morgan fingerprint density at radius 2 is 1.68 bits per heavy atom. The van der Waals surface area contributed by atoms with Crippen molar-refractivity contribution in [2.24, 2.45) is 17.8 Å². The van der Waals surface area contributed by atoms with E-state index in [4.69, 9.17) is 9.47 Å². The van der Waals surface area contributed by atoms with Gasteiger partial charge in [0.25, 0.3) is 0 Å². The lowest BCUT2D eigenvalue weighted by molar-refractivity contribution is -0.00621. The number of methoxy groups -OCH3 is 2. The molecule has 0 aromatic heterocycles. The molecule has 0 aliphatic heterocycles. The molecule has 0 radical (unpaired) electrons. The molecule has 2 aromatic carbocycles. The summed E-state index contributed by atoms with van der Waals surface area (Å²) < 4.78 is 16.4. The van der Waals surface area contributed by atoms with Crippen LogP contribution in [-0.4, -0.2) is 25.3 Å². The highest BCUT2D eigenvalue weighted by Crippen LogP contribution is 2.61. The zero-order valence-corrected chi connectivity index (χ0v) is 18.2. The first-order valence-corrected chi connectivity index (χ1v) is 11.2. The second kappa shape index (κ2) is 7.77. The van der Waals surface area contributed by atoms with Gasteiger partial charge in [0.05, 0.1) is 14.2 Å². The van der Waals surface area contributed by atoms with Gasteiger partial charge in [0.15, 0.2) is 0 Å². The van der Waals surface area contributed by atoms with Crippen molar-refractivity contribution < 1.29 is 24.1 Å². The van der Waals surface area contributed by atoms with E-state index in [1.807, 2.05) is 6.07 Å². The third-order valence-corrected chi connectivity index (χ3v) is 7.65. The van der Waals surface area contributed by atoms with Gasteiger partial charge in [-0.05, 0) is 91.5 Å². The number of benzene rings is 2. The average Bonchev–Trinajstić information content (AvgIpc) is 2.76. The molecule has 1 N–H and O–H groups in total. The minimum atomic E-state index is -0.570. The lowest BCUT2D eigenvalue weighted by Crippen LogP contribution is -2.48. The van der Waals surface area contributed by atoms with E-state index in [-0.39, 0.29) is 16.7 Å². The second-order valence-corrected chi connectivity index (χ2v) is 9.69. The topological polar surface area (TPSA) is 65.0 Å². The van der Waals surface area contributed by atoms with Gasteiger partial charge >= 0.3 is 5.97 Å². The van der Waals surface area contributed by atoms with E-state index in [2.05, 4.69) is 16.9 Å². The molecule has 0 saturated heterocycles. The van der Waals surface area contributed by atoms with Gasteiger partial charge in [-0.15, -0.1) is 0 Å². The van der Waals surface area contributed by atoms with Crippen molar-refractivity contribution in [1.82, 2.24) is 0 Å². The van der Waals surface area contributed by atoms with E-state index in [0.29, 0.717) is 12.4 Å². The van der Waals surface area contributed by atoms with Gasteiger partial charge in [0.2, 0.25) is 0 Å². The molecule has 0 amide bonds. The van der Waals surface area contributed by atoms with Crippen molar-refractivity contribution in [2.75, 3.05) is 14.2 Å². The van der Waals surface area contributed by atoms with Crippen LogP contribution in [0.2, 0.25) is 0 Å². The monoisotopic (exact) mass is 422 g/mol. The van der Waals surface area contributed by atoms with Crippen LogP contribution < -0.4 is 9.47 Å². The molecule has 0 heterocycles. The van der Waals surface area contributed by atoms with Crippen molar-refractivity contribution in [3.05, 3.63) is 53.1 Å². The van der Waals surface area contributed by atoms with Crippen LogP contribution >= 0.6 is 0 Å². The molecule has 0 unspecified atom stereocenters. The van der Waals surface area contributed by atoms with Gasteiger partial charge < -0.3 is 19.3 Å². The van der Waals surface area contributed by atoms with Crippen LogP contribution in [0.15, 0.2) is 36.4 Å². The van der Waals surface area contributed by atoms with Crippen LogP contribution in [0.4, 0.5) is 0 Å². The highest BCUT2D eigenvalue weighted by molar-refractivity contribution is 5.92. The summed E-state index contributed by atoms with van der Waals surface area (Å²) in [6, 6.07) is 11.0. The minimum absolute atomic E-state index is 0.128. The van der Waals surface area contributed by atoms with Crippen molar-refractivity contribution >= 4 is 5.97 Å². The van der Waals surface area contributed by atoms with Gasteiger partial charge in [-0.3, -0.25) is 0 Å². The Morgan fingerprint density at radius 1 is 1.00 bits per heavy atom. The number of phenols is 1. The van der Waals surface area contributed by atoms with Crippen molar-refractivity contribution in [3.8, 4) is 17.2 Å². The first-order chi connectivity index (χ1) is 15.0. The zero-order valence-electron chi connectivity index (χ0n) is 18.2. The fourth-order valence-electron chi connectivity index (χ4n) is 6.75. The molecule has 164 valence electrons. The Hall–Kier alpha value is -2.69. The van der Waals surface area contributed by atoms with E-state index >= 15 is 0 Å². The van der Waals surface area contributed by atoms with Gasteiger partial charge in [-0.1, -0.05) is 6.07 Å². The van der Waals surface area contributed by atoms with Crippen molar-refractivity contribution in [1.29, 1.82) is 0 Å². The molecule has 5 nitrogen and oxygen atoms in total. The number of rotatable bonds is 6. The smallest absolute Gasteiger partial charge is 0.341 e. The average molecular weight is 423 g/mol. The third-order valence-electron chi connectivity index (χ3n) is 7.65. The molecule has 4 saturated carbocycles. The lowest BCUT2D eigenvalue weighted by Gasteiger charge is -2.57. The van der Waals surface area contributed by atoms with Crippen LogP contribution in [-0.2, 0) is 16.8 Å². The summed E-state index contributed by atoms with van der Waals surface area (Å²) in [6.45, 7) is 0.389. The summed E-state index contributed by atoms with van der Waals surface area (Å²) in [5.74, 6) is 3.39. The Balaban J connectivity index is 1.37. The quantitative estimate of drug-likeness (QED) is 0.646. The first kappa shape index (κ1) is 20.2. The molecule has 4 aliphatic carbocycles. The van der Waals surface area contributed by atoms with Crippen LogP contribution in [0, 0.1) is 17.8 Å². The summed E-state index contributed by atoms with van der Waals surface area (Å²) in [6.07, 6.45) is 8.08. The third kappa shape index (κ3) is 3.64. The largest absolute Gasteiger partial charge is 0.507 e. The maximum atomic E-state index is 11.7. The van der Waals surface area contributed by atoms with Crippen LogP contribution in [0.25, 0.3) is 0 Å². The van der Waals surface area contributed by atoms with Crippen molar-refractivity contribution in [3.63, 3.8) is 0 Å². The number of ether oxygens (including phenoxy) is 3. The summed E-state index contributed by atoms with van der Waals surface area (Å²) in [5.41, 5.74) is 2.81. The number of esters is 1. The van der Waals surface area contributed by atoms with E-state index in [1.165, 1.54) is 63.3 Å². The Bertz CT molecular complexity index is 960. The predicted octanol–water partition coefficient (Wildman–Crippen LogP) is 5.23. The lowest BCUT2D eigenvalue weighted by atomic mass is 9.48. The molecule has 4 fully saturated rings. The van der Waals surface area contributed by atoms with E-state index in [9.17, 15) is 9.90 Å². The van der Waals surface area contributed by atoms with Crippen LogP contribution in [0.5, 0.6) is 17.2 Å². The number of aromatic hydroxyl groups is 1. The summed E-state index contributed by atoms with van der Waals surface area (Å²) in [7, 11) is 3.05.